The second-order valence-electron chi connectivity index (χ2n) is 20.0. The van der Waals surface area contributed by atoms with Gasteiger partial charge < -0.3 is 92.9 Å². The predicted octanol–water partition coefficient (Wildman–Crippen LogP) is -6.07. The number of imidazole rings is 2. The number of phosphoric acid groups is 4. The molecule has 5 aliphatic rings. The molecule has 94 heavy (non-hydrogen) atoms. The number of aliphatic hydroxyl groups excluding tert-OH is 5. The van der Waals surface area contributed by atoms with Crippen LogP contribution in [-0.4, -0.2) is 204 Å². The highest BCUT2D eigenvalue weighted by molar-refractivity contribution is 7.89. The number of hydrogen-bond donors (Lipinski definition) is 23. The lowest BCUT2D eigenvalue weighted by Gasteiger charge is -2.34. The summed E-state index contributed by atoms with van der Waals surface area (Å²) >= 11 is 17.1. The van der Waals surface area contributed by atoms with Crippen molar-refractivity contribution < 1.29 is 104 Å². The number of aromatic amines is 4. The van der Waals surface area contributed by atoms with Gasteiger partial charge in [0.25, 0.3) is 22.2 Å². The van der Waals surface area contributed by atoms with Crippen LogP contribution in [0.25, 0.3) is 22.3 Å². The fourth-order valence-electron chi connectivity index (χ4n) is 9.28. The summed E-state index contributed by atoms with van der Waals surface area (Å²) in [5.41, 5.74) is 19.1. The molecule has 11 heterocycles. The van der Waals surface area contributed by atoms with E-state index in [1.54, 1.807) is 0 Å². The van der Waals surface area contributed by atoms with E-state index in [1.807, 2.05) is 0 Å². The largest absolute Gasteiger partial charge is 0.481 e. The molecule has 4 unspecified atom stereocenters. The molecule has 0 saturated carbocycles. The van der Waals surface area contributed by atoms with Crippen LogP contribution in [0.2, 0.25) is 0 Å². The molecule has 2 saturated heterocycles. The summed E-state index contributed by atoms with van der Waals surface area (Å²) in [7, 11) is -21.5. The van der Waals surface area contributed by atoms with Gasteiger partial charge in [-0.3, -0.25) is 71.3 Å². The number of nitrogens with two attached hydrogens (primary N) is 4. The molecule has 6 aromatic heterocycles. The number of rotatable bonds is 20. The normalized spacial score (nSPS) is 28.1. The number of aromatic nitrogens is 12. The molecule has 0 spiro atoms. The van der Waals surface area contributed by atoms with Gasteiger partial charge in [-0.15, -0.1) is 50.5 Å². The van der Waals surface area contributed by atoms with Gasteiger partial charge in [-0.05, 0) is 0 Å². The third-order valence-corrected chi connectivity index (χ3v) is 21.3. The van der Waals surface area contributed by atoms with Gasteiger partial charge in [-0.1, -0.05) is 0 Å². The second kappa shape index (κ2) is 27.5. The van der Waals surface area contributed by atoms with Crippen LogP contribution in [0, 0.1) is 0 Å². The van der Waals surface area contributed by atoms with E-state index in [-0.39, 0.29) is 94.6 Å². The third-order valence-electron chi connectivity index (χ3n) is 13.6. The molecule has 0 radical (unpaired) electrons. The molecule has 23 N–H and O–H groups in total. The molecule has 5 aliphatic heterocycles. The lowest BCUT2D eigenvalue weighted by atomic mass is 10.1. The SMILES string of the molecule is Nc1nc2c(c(=O)[nH]1)=N[C@H]1C(S)=C(S)[C@@H](COP(=O)(O)OP(=O)(O)OC[C@H]3O[C@@H](n4cnc5c(=O)[nH]c(N)nc54)[C@H](O)[C@@H]3O)O[C@H]1N=2.Nc1nc2c(c(=O)[nH]1)N[C@@H](/C(S)=C(/S)[C@H](O)COP(=O)(O)OP(=O)(O)OC[C@H]1O[C@@H](n3cnc4c(=O)[nH]c(N)nc43)[C@H](O)[C@@H]1O)CN2. The highest BCUT2D eigenvalue weighted by Crippen LogP contribution is 2.62. The maximum absolute atomic E-state index is 12.6. The summed E-state index contributed by atoms with van der Waals surface area (Å²) < 4.78 is 96.5. The zero-order valence-electron chi connectivity index (χ0n) is 46.5. The number of ether oxygens (including phenoxy) is 3. The number of nitrogens with one attached hydrogen (secondary N) is 6. The smallest absolute Gasteiger partial charge is 0.387 e. The average molecular weight is 1480 g/mol. The molecule has 0 aromatic carbocycles. The number of nitrogens with zero attached hydrogens (tertiary/aromatic N) is 10. The Morgan fingerprint density at radius 1 is 0.628 bits per heavy atom. The van der Waals surface area contributed by atoms with Crippen LogP contribution in [-0.2, 0) is 59.2 Å². The van der Waals surface area contributed by atoms with Crippen molar-refractivity contribution in [3.8, 4) is 0 Å². The first-order valence-corrected chi connectivity index (χ1v) is 33.9. The van der Waals surface area contributed by atoms with Gasteiger partial charge in [0.15, 0.2) is 57.7 Å². The summed E-state index contributed by atoms with van der Waals surface area (Å²) in [5, 5.41) is 58.0. The fraction of sp³-hybridized carbons (Fsp3) is 0.450. The average Bonchev–Trinajstić information content (AvgIpc) is 1.29. The molecular weight excluding hydrogens is 1430 g/mol. The minimum absolute atomic E-state index is 0.0374. The number of phosphoric ester groups is 4. The summed E-state index contributed by atoms with van der Waals surface area (Å²) in [4.78, 5) is 130. The van der Waals surface area contributed by atoms with Crippen molar-refractivity contribution in [1.82, 2.24) is 59.0 Å². The van der Waals surface area contributed by atoms with Crippen molar-refractivity contribution >= 4 is 139 Å². The Morgan fingerprint density at radius 2 is 1.10 bits per heavy atom. The van der Waals surface area contributed by atoms with Crippen LogP contribution in [0.5, 0.6) is 0 Å². The van der Waals surface area contributed by atoms with Gasteiger partial charge in [0.1, 0.15) is 60.6 Å². The van der Waals surface area contributed by atoms with E-state index in [2.05, 4.69) is 139 Å². The summed E-state index contributed by atoms with van der Waals surface area (Å²) in [6, 6.07) is -1.64. The van der Waals surface area contributed by atoms with Crippen molar-refractivity contribution in [2.45, 2.75) is 79.6 Å². The quantitative estimate of drug-likeness (QED) is 0.0250. The van der Waals surface area contributed by atoms with Crippen LogP contribution in [0.1, 0.15) is 12.5 Å². The van der Waals surface area contributed by atoms with Crippen LogP contribution in [0.15, 0.2) is 61.4 Å². The van der Waals surface area contributed by atoms with E-state index in [1.165, 1.54) is 0 Å². The van der Waals surface area contributed by atoms with Crippen molar-refractivity contribution in [1.29, 1.82) is 0 Å². The first-order valence-electron chi connectivity index (χ1n) is 26.1. The Hall–Kier alpha value is -6.06. The topological polar surface area (TPSA) is 705 Å². The first-order chi connectivity index (χ1) is 44.0. The lowest BCUT2D eigenvalue weighted by Crippen LogP contribution is -2.52. The lowest BCUT2D eigenvalue weighted by molar-refractivity contribution is -0.0508. The zero-order chi connectivity index (χ0) is 68.4. The molecule has 0 amide bonds. The minimum atomic E-state index is -5.41. The number of H-pyrrole nitrogens is 4. The van der Waals surface area contributed by atoms with Crippen molar-refractivity contribution in [2.75, 3.05) is 66.5 Å². The Bertz CT molecular complexity index is 4620. The van der Waals surface area contributed by atoms with Crippen LogP contribution >= 0.6 is 81.8 Å². The molecule has 17 atom stereocenters. The molecule has 6 aromatic rings. The fourth-order valence-corrected chi connectivity index (χ4v) is 14.6. The van der Waals surface area contributed by atoms with Gasteiger partial charge in [0, 0.05) is 26.2 Å². The Balaban J connectivity index is 0.000000205. The first kappa shape index (κ1) is 70.7. The maximum atomic E-state index is 12.6. The Labute approximate surface area is 541 Å². The molecule has 2 fully saturated rings. The monoisotopic (exact) mass is 1480 g/mol. The van der Waals surface area contributed by atoms with Crippen molar-refractivity contribution in [3.63, 3.8) is 0 Å². The molecule has 46 nitrogen and oxygen atoms in total. The van der Waals surface area contributed by atoms with E-state index >= 15 is 0 Å². The van der Waals surface area contributed by atoms with E-state index in [4.69, 9.17) is 46.2 Å². The molecule has 0 aliphatic carbocycles. The van der Waals surface area contributed by atoms with Gasteiger partial charge in [0.05, 0.1) is 45.1 Å². The predicted molar refractivity (Wildman–Crippen MR) is 327 cm³/mol. The highest BCUT2D eigenvalue weighted by atomic mass is 32.1. The molecule has 11 rings (SSSR count). The van der Waals surface area contributed by atoms with E-state index < -0.39 is 160 Å². The number of fused-ring (bicyclic) bond motifs is 5. The van der Waals surface area contributed by atoms with Crippen LogP contribution in [0.4, 0.5) is 35.3 Å². The summed E-state index contributed by atoms with van der Waals surface area (Å²) in [6.07, 6.45) is -14.4. The third kappa shape index (κ3) is 15.4. The summed E-state index contributed by atoms with van der Waals surface area (Å²) in [5.74, 6) is -0.675. The van der Waals surface area contributed by atoms with Gasteiger partial charge in [0.2, 0.25) is 23.8 Å². The number of hydrogen-bond acceptors (Lipinski definition) is 40. The highest BCUT2D eigenvalue weighted by Gasteiger charge is 2.49. The number of anilines is 6. The van der Waals surface area contributed by atoms with E-state index in [9.17, 15) is 82.5 Å². The summed E-state index contributed by atoms with van der Waals surface area (Å²) in [6.45, 7) is -3.51. The standard InChI is InChI=1S/C20H24N10O13P2S2.C20H28N10O13P2S2/c21-19-26-13-7(15(33)28-19)24-6-12(47)11(46)5(41-17(6)25-13)2-40-45(37,38)43-44(35,36)39-1-4-9(31)10(32)18(42-4)30-3-23-8-14(30)27-20(22)29-16(8)34;21-19-26-14-8(16(34)28-19)25-5(1-23-14)12(46)13(47)6(31)2-40-44(36,37)43-45(38,39)41-3-7-10(32)11(33)18(42-7)30-4-24-9-15(30)27-20(22)29-17(9)35/h3-6,9-10,17-18,31-32,46-47H,1-2H2,(H,35,36)(H,37,38)(H3,22,27,29,34)(H3,21,25,26,28,33);4-7,10-11,18,25,31-33,46-47H,1-3H2,(H,36,37)(H,38,39)(H3,22,27,29,35)(H4,21,23,26,28,34)/b;13-12-/t4-,5-,6+,9-,10-,17-,18-;5-,6-,7-,10-,11-,18-/m11/s1. The number of thiol groups is 4. The van der Waals surface area contributed by atoms with Crippen LogP contribution in [0.3, 0.4) is 0 Å². The van der Waals surface area contributed by atoms with Gasteiger partial charge in [-0.25, -0.2) is 33.2 Å². The second-order valence-corrected chi connectivity index (χ2v) is 28.0. The number of aliphatic hydroxyl groups is 5. The Morgan fingerprint density at radius 3 is 1.63 bits per heavy atom. The minimum Gasteiger partial charge on any atom is -0.387 e. The van der Waals surface area contributed by atoms with Gasteiger partial charge >= 0.3 is 31.3 Å². The van der Waals surface area contributed by atoms with Crippen LogP contribution < -0.4 is 66.7 Å². The molecule has 54 heteroatoms. The number of nitrogen functional groups attached to an aromatic ring is 4. The van der Waals surface area contributed by atoms with E-state index in [0.29, 0.717) is 0 Å². The molecule has 512 valence electrons. The Kier molecular flexibility index (Phi) is 20.7. The maximum Gasteiger partial charge on any atom is 0.481 e. The molecule has 0 bridgehead atoms. The van der Waals surface area contributed by atoms with Crippen molar-refractivity contribution in [3.05, 3.63) is 84.5 Å². The zero-order valence-corrected chi connectivity index (χ0v) is 53.7. The molecular formula is C40H52N20O26P4S4. The van der Waals surface area contributed by atoms with Crippen molar-refractivity contribution in [2.24, 2.45) is 9.98 Å². The van der Waals surface area contributed by atoms with Gasteiger partial charge in [-0.2, -0.15) is 28.6 Å². The van der Waals surface area contributed by atoms with E-state index in [0.717, 1.165) is 21.8 Å².